The highest BCUT2D eigenvalue weighted by Gasteiger charge is 2.21. The Hall–Kier alpha value is -0.160. The van der Waals surface area contributed by atoms with Crippen LogP contribution in [-0.4, -0.2) is 61.0 Å². The first-order valence-corrected chi connectivity index (χ1v) is 8.33. The van der Waals surface area contributed by atoms with E-state index < -0.39 is 0 Å². The quantitative estimate of drug-likeness (QED) is 0.570. The van der Waals surface area contributed by atoms with Crippen LogP contribution in [-0.2, 0) is 4.74 Å². The molecule has 0 spiro atoms. The van der Waals surface area contributed by atoms with Crippen LogP contribution >= 0.6 is 0 Å². The third-order valence-corrected chi connectivity index (χ3v) is 4.34. The fourth-order valence-electron chi connectivity index (χ4n) is 2.96. The van der Waals surface area contributed by atoms with Gasteiger partial charge in [-0.15, -0.1) is 0 Å². The summed E-state index contributed by atoms with van der Waals surface area (Å²) in [5.41, 5.74) is -0.111. The second-order valence-electron chi connectivity index (χ2n) is 6.23. The highest BCUT2D eigenvalue weighted by molar-refractivity contribution is 4.81. The van der Waals surface area contributed by atoms with E-state index >= 15 is 0 Å². The van der Waals surface area contributed by atoms with E-state index in [1.54, 1.807) is 0 Å². The number of nitrogens with one attached hydrogen (secondary N) is 1. The molecule has 2 atom stereocenters. The van der Waals surface area contributed by atoms with Gasteiger partial charge in [0.1, 0.15) is 0 Å². The average molecular weight is 286 g/mol. The number of unbranched alkanes of at least 4 members (excludes halogenated alkanes) is 1. The van der Waals surface area contributed by atoms with Crippen LogP contribution in [0.4, 0.5) is 0 Å². The third kappa shape index (κ3) is 6.53. The predicted molar refractivity (Wildman–Crippen MR) is 84.1 cm³/mol. The van der Waals surface area contributed by atoms with Gasteiger partial charge in [0.05, 0.1) is 12.7 Å². The number of likely N-dealkylation sites (N-methyl/N-ethyl adjacent to an activating group) is 2. The summed E-state index contributed by atoms with van der Waals surface area (Å²) < 4.78 is 5.71. The third-order valence-electron chi connectivity index (χ3n) is 4.34. The lowest BCUT2D eigenvalue weighted by Gasteiger charge is -2.29. The van der Waals surface area contributed by atoms with E-state index in [1.165, 1.54) is 19.3 Å². The van der Waals surface area contributed by atoms with Crippen LogP contribution in [0.3, 0.4) is 0 Å². The first-order valence-electron chi connectivity index (χ1n) is 8.33. The Labute approximate surface area is 124 Å². The standard InChI is InChI=1S/C16H34N2O2/c1-4-17-16(3,14-19)10-6-7-11-18(5-2)13-15-9-8-12-20-15/h15,17,19H,4-14H2,1-3H3. The minimum absolute atomic E-state index is 0.111. The first-order chi connectivity index (χ1) is 9.63. The molecule has 0 amide bonds. The first kappa shape index (κ1) is 17.9. The predicted octanol–water partition coefficient (Wildman–Crippen LogP) is 2.02. The van der Waals surface area contributed by atoms with Gasteiger partial charge in [-0.1, -0.05) is 20.3 Å². The van der Waals surface area contributed by atoms with Crippen LogP contribution in [0.5, 0.6) is 0 Å². The number of nitrogens with zero attached hydrogens (tertiary/aromatic N) is 1. The molecule has 1 heterocycles. The molecule has 0 radical (unpaired) electrons. The summed E-state index contributed by atoms with van der Waals surface area (Å²) in [4.78, 5) is 2.50. The summed E-state index contributed by atoms with van der Waals surface area (Å²) in [5.74, 6) is 0. The van der Waals surface area contributed by atoms with Gasteiger partial charge in [0, 0.05) is 18.7 Å². The molecule has 4 nitrogen and oxygen atoms in total. The number of ether oxygens (including phenoxy) is 1. The summed E-state index contributed by atoms with van der Waals surface area (Å²) >= 11 is 0. The van der Waals surface area contributed by atoms with Crippen LogP contribution in [0, 0.1) is 0 Å². The molecule has 2 N–H and O–H groups in total. The van der Waals surface area contributed by atoms with E-state index in [0.717, 1.165) is 45.6 Å². The molecule has 1 saturated heterocycles. The lowest BCUT2D eigenvalue weighted by atomic mass is 9.95. The minimum Gasteiger partial charge on any atom is -0.394 e. The van der Waals surface area contributed by atoms with E-state index in [0.29, 0.717) is 6.10 Å². The molecule has 4 heteroatoms. The van der Waals surface area contributed by atoms with Crippen molar-refractivity contribution in [1.82, 2.24) is 10.2 Å². The van der Waals surface area contributed by atoms with Crippen molar-refractivity contribution >= 4 is 0 Å². The summed E-state index contributed by atoms with van der Waals surface area (Å²) in [6.45, 7) is 11.8. The van der Waals surface area contributed by atoms with E-state index in [4.69, 9.17) is 4.74 Å². The van der Waals surface area contributed by atoms with Gasteiger partial charge < -0.3 is 20.1 Å². The SMILES string of the molecule is CCNC(C)(CO)CCCCN(CC)CC1CCCO1. The van der Waals surface area contributed by atoms with E-state index in [9.17, 15) is 5.11 Å². The van der Waals surface area contributed by atoms with Gasteiger partial charge in [0.15, 0.2) is 0 Å². The molecule has 0 aliphatic carbocycles. The largest absolute Gasteiger partial charge is 0.394 e. The average Bonchev–Trinajstić information content (AvgIpc) is 2.95. The van der Waals surface area contributed by atoms with Crippen molar-refractivity contribution in [3.63, 3.8) is 0 Å². The molecule has 1 aliphatic rings. The second-order valence-corrected chi connectivity index (χ2v) is 6.23. The van der Waals surface area contributed by atoms with Crippen molar-refractivity contribution in [1.29, 1.82) is 0 Å². The summed E-state index contributed by atoms with van der Waals surface area (Å²) in [5, 5.41) is 12.9. The number of hydrogen-bond donors (Lipinski definition) is 2. The van der Waals surface area contributed by atoms with Crippen molar-refractivity contribution in [2.45, 2.75) is 64.5 Å². The number of aliphatic hydroxyl groups is 1. The maximum atomic E-state index is 9.47. The number of hydrogen-bond acceptors (Lipinski definition) is 4. The molecule has 0 saturated carbocycles. The lowest BCUT2D eigenvalue weighted by Crippen LogP contribution is -2.45. The smallest absolute Gasteiger partial charge is 0.0702 e. The Bertz CT molecular complexity index is 245. The van der Waals surface area contributed by atoms with Crippen molar-refractivity contribution in [3.05, 3.63) is 0 Å². The van der Waals surface area contributed by atoms with E-state index in [2.05, 4.69) is 31.0 Å². The van der Waals surface area contributed by atoms with Gasteiger partial charge >= 0.3 is 0 Å². The fraction of sp³-hybridized carbons (Fsp3) is 1.00. The molecular weight excluding hydrogens is 252 g/mol. The molecule has 1 fully saturated rings. The summed E-state index contributed by atoms with van der Waals surface area (Å²) in [7, 11) is 0. The van der Waals surface area contributed by atoms with Crippen LogP contribution < -0.4 is 5.32 Å². The molecular formula is C16H34N2O2. The van der Waals surface area contributed by atoms with Crippen LogP contribution in [0.15, 0.2) is 0 Å². The fourth-order valence-corrected chi connectivity index (χ4v) is 2.96. The summed E-state index contributed by atoms with van der Waals surface area (Å²) in [6.07, 6.45) is 6.29. The van der Waals surface area contributed by atoms with Gasteiger partial charge in [-0.25, -0.2) is 0 Å². The molecule has 20 heavy (non-hydrogen) atoms. The van der Waals surface area contributed by atoms with Gasteiger partial charge in [-0.3, -0.25) is 0 Å². The number of aliphatic hydroxyl groups excluding tert-OH is 1. The highest BCUT2D eigenvalue weighted by atomic mass is 16.5. The van der Waals surface area contributed by atoms with Crippen molar-refractivity contribution < 1.29 is 9.84 Å². The van der Waals surface area contributed by atoms with Crippen LogP contribution in [0.25, 0.3) is 0 Å². The van der Waals surface area contributed by atoms with E-state index in [-0.39, 0.29) is 12.1 Å². The lowest BCUT2D eigenvalue weighted by molar-refractivity contribution is 0.0737. The van der Waals surface area contributed by atoms with Crippen LogP contribution in [0.1, 0.15) is 52.9 Å². The normalized spacial score (nSPS) is 22.4. The topological polar surface area (TPSA) is 44.7 Å². The minimum atomic E-state index is -0.111. The monoisotopic (exact) mass is 286 g/mol. The molecule has 2 unspecified atom stereocenters. The Morgan fingerprint density at radius 1 is 1.35 bits per heavy atom. The van der Waals surface area contributed by atoms with Gasteiger partial charge in [0.25, 0.3) is 0 Å². The molecule has 0 aromatic rings. The van der Waals surface area contributed by atoms with Gasteiger partial charge in [-0.05, 0) is 52.2 Å². The Morgan fingerprint density at radius 3 is 2.70 bits per heavy atom. The zero-order valence-electron chi connectivity index (χ0n) is 13.7. The molecule has 0 bridgehead atoms. The highest BCUT2D eigenvalue weighted by Crippen LogP contribution is 2.15. The molecule has 0 aromatic carbocycles. The molecule has 0 aromatic heterocycles. The van der Waals surface area contributed by atoms with Crippen LogP contribution in [0.2, 0.25) is 0 Å². The molecule has 1 rings (SSSR count). The Kier molecular flexibility index (Phi) is 8.69. The van der Waals surface area contributed by atoms with Gasteiger partial charge in [-0.2, -0.15) is 0 Å². The van der Waals surface area contributed by atoms with Crippen molar-refractivity contribution in [2.75, 3.05) is 39.4 Å². The second kappa shape index (κ2) is 9.72. The Morgan fingerprint density at radius 2 is 2.15 bits per heavy atom. The maximum Gasteiger partial charge on any atom is 0.0702 e. The zero-order chi connectivity index (χ0) is 14.8. The van der Waals surface area contributed by atoms with Crippen molar-refractivity contribution in [2.24, 2.45) is 0 Å². The zero-order valence-corrected chi connectivity index (χ0v) is 13.7. The van der Waals surface area contributed by atoms with E-state index in [1.807, 2.05) is 0 Å². The maximum absolute atomic E-state index is 9.47. The van der Waals surface area contributed by atoms with Gasteiger partial charge in [0.2, 0.25) is 0 Å². The molecule has 120 valence electrons. The number of rotatable bonds is 11. The van der Waals surface area contributed by atoms with Crippen molar-refractivity contribution in [3.8, 4) is 0 Å². The summed E-state index contributed by atoms with van der Waals surface area (Å²) in [6, 6.07) is 0. The Balaban J connectivity index is 2.17. The molecule has 1 aliphatic heterocycles.